The molecule has 0 aliphatic rings. The van der Waals surface area contributed by atoms with E-state index in [1.807, 2.05) is 0 Å². The van der Waals surface area contributed by atoms with Crippen molar-refractivity contribution in [1.82, 2.24) is 5.32 Å². The molecule has 0 heterocycles. The molecule has 0 saturated heterocycles. The van der Waals surface area contributed by atoms with Crippen LogP contribution in [0.25, 0.3) is 0 Å². The molecule has 5 nitrogen and oxygen atoms in total. The zero-order valence-electron chi connectivity index (χ0n) is 7.45. The second-order valence-electron chi connectivity index (χ2n) is 2.76. The minimum Gasteiger partial charge on any atom is -0.507 e. The standard InChI is InChI=1S/C9H11N3O2/c10-9(11)7-2-1-6(3-8(7)14)4-12-5-13/h1-3,5,14H,4H2,(H3,10,11)(H,12,13). The van der Waals surface area contributed by atoms with Crippen LogP contribution in [-0.4, -0.2) is 17.4 Å². The quantitative estimate of drug-likeness (QED) is 0.306. The van der Waals surface area contributed by atoms with Crippen LogP contribution in [0.3, 0.4) is 0 Å². The number of nitrogens with one attached hydrogen (secondary N) is 2. The molecule has 0 radical (unpaired) electrons. The zero-order chi connectivity index (χ0) is 10.6. The van der Waals surface area contributed by atoms with Gasteiger partial charge in [-0.25, -0.2) is 0 Å². The van der Waals surface area contributed by atoms with Crippen LogP contribution < -0.4 is 11.1 Å². The van der Waals surface area contributed by atoms with Crippen LogP contribution >= 0.6 is 0 Å². The van der Waals surface area contributed by atoms with Gasteiger partial charge in [0.1, 0.15) is 11.6 Å². The number of amidine groups is 1. The smallest absolute Gasteiger partial charge is 0.207 e. The van der Waals surface area contributed by atoms with E-state index in [-0.39, 0.29) is 11.6 Å². The first-order chi connectivity index (χ1) is 6.65. The van der Waals surface area contributed by atoms with Crippen LogP contribution in [0.2, 0.25) is 0 Å². The molecule has 1 aromatic carbocycles. The monoisotopic (exact) mass is 193 g/mol. The van der Waals surface area contributed by atoms with Gasteiger partial charge in [-0.3, -0.25) is 10.2 Å². The summed E-state index contributed by atoms with van der Waals surface area (Å²) in [5.74, 6) is -0.236. The summed E-state index contributed by atoms with van der Waals surface area (Å²) >= 11 is 0. The van der Waals surface area contributed by atoms with Crippen molar-refractivity contribution in [3.63, 3.8) is 0 Å². The van der Waals surface area contributed by atoms with Crippen LogP contribution in [0, 0.1) is 5.41 Å². The second kappa shape index (κ2) is 4.27. The average Bonchev–Trinajstić information content (AvgIpc) is 2.14. The minimum absolute atomic E-state index is 0.0531. The average molecular weight is 193 g/mol. The molecule has 0 fully saturated rings. The van der Waals surface area contributed by atoms with Crippen molar-refractivity contribution in [1.29, 1.82) is 5.41 Å². The van der Waals surface area contributed by atoms with Gasteiger partial charge in [0.2, 0.25) is 6.41 Å². The fraction of sp³-hybridized carbons (Fsp3) is 0.111. The SMILES string of the molecule is N=C(N)c1ccc(CNC=O)cc1O. The largest absolute Gasteiger partial charge is 0.507 e. The van der Waals surface area contributed by atoms with Crippen molar-refractivity contribution < 1.29 is 9.90 Å². The highest BCUT2D eigenvalue weighted by Crippen LogP contribution is 2.17. The Balaban J connectivity index is 2.88. The molecule has 14 heavy (non-hydrogen) atoms. The highest BCUT2D eigenvalue weighted by atomic mass is 16.3. The van der Waals surface area contributed by atoms with Crippen LogP contribution in [0.5, 0.6) is 5.75 Å². The highest BCUT2D eigenvalue weighted by molar-refractivity contribution is 5.97. The van der Waals surface area contributed by atoms with E-state index in [0.717, 1.165) is 5.56 Å². The van der Waals surface area contributed by atoms with Crippen molar-refractivity contribution in [2.45, 2.75) is 6.54 Å². The fourth-order valence-corrected chi connectivity index (χ4v) is 1.07. The summed E-state index contributed by atoms with van der Waals surface area (Å²) in [6.07, 6.45) is 0.579. The molecule has 1 amide bonds. The molecule has 5 N–H and O–H groups in total. The predicted molar refractivity (Wildman–Crippen MR) is 52.0 cm³/mol. The molecule has 1 rings (SSSR count). The van der Waals surface area contributed by atoms with E-state index in [1.165, 1.54) is 6.07 Å². The van der Waals surface area contributed by atoms with Gasteiger partial charge >= 0.3 is 0 Å². The van der Waals surface area contributed by atoms with Gasteiger partial charge in [0, 0.05) is 6.54 Å². The molecule has 0 saturated carbocycles. The van der Waals surface area contributed by atoms with Crippen molar-refractivity contribution in [3.8, 4) is 5.75 Å². The first kappa shape index (κ1) is 10.0. The number of nitrogen functional groups attached to an aromatic ring is 1. The molecular formula is C9H11N3O2. The highest BCUT2D eigenvalue weighted by Gasteiger charge is 2.04. The summed E-state index contributed by atoms with van der Waals surface area (Å²) < 4.78 is 0. The third-order valence-electron chi connectivity index (χ3n) is 1.74. The van der Waals surface area contributed by atoms with Gasteiger partial charge in [0.05, 0.1) is 5.56 Å². The Morgan fingerprint density at radius 2 is 2.36 bits per heavy atom. The Hall–Kier alpha value is -2.04. The normalized spacial score (nSPS) is 9.43. The summed E-state index contributed by atoms with van der Waals surface area (Å²) in [5, 5.41) is 19.0. The first-order valence-corrected chi connectivity index (χ1v) is 3.98. The van der Waals surface area contributed by atoms with E-state index in [4.69, 9.17) is 11.1 Å². The predicted octanol–water partition coefficient (Wildman–Crippen LogP) is -0.0777. The van der Waals surface area contributed by atoms with E-state index < -0.39 is 0 Å². The van der Waals surface area contributed by atoms with Crippen LogP contribution in [0.1, 0.15) is 11.1 Å². The van der Waals surface area contributed by atoms with Gasteiger partial charge in [0.25, 0.3) is 0 Å². The fourth-order valence-electron chi connectivity index (χ4n) is 1.07. The van der Waals surface area contributed by atoms with E-state index in [0.29, 0.717) is 18.5 Å². The topological polar surface area (TPSA) is 99.2 Å². The van der Waals surface area contributed by atoms with Gasteiger partial charge in [-0.15, -0.1) is 0 Å². The third-order valence-corrected chi connectivity index (χ3v) is 1.74. The lowest BCUT2D eigenvalue weighted by Crippen LogP contribution is -2.13. The first-order valence-electron chi connectivity index (χ1n) is 3.98. The molecule has 1 aromatic rings. The Morgan fingerprint density at radius 3 is 2.86 bits per heavy atom. The third kappa shape index (κ3) is 2.22. The lowest BCUT2D eigenvalue weighted by molar-refractivity contribution is -0.109. The second-order valence-corrected chi connectivity index (χ2v) is 2.76. The number of benzene rings is 1. The molecule has 0 aliphatic heterocycles. The molecular weight excluding hydrogens is 182 g/mol. The summed E-state index contributed by atoms with van der Waals surface area (Å²) in [6, 6.07) is 4.69. The molecule has 0 spiro atoms. The summed E-state index contributed by atoms with van der Waals surface area (Å²) in [7, 11) is 0. The maximum Gasteiger partial charge on any atom is 0.207 e. The van der Waals surface area contributed by atoms with Crippen LogP contribution in [-0.2, 0) is 11.3 Å². The lowest BCUT2D eigenvalue weighted by atomic mass is 10.1. The summed E-state index contributed by atoms with van der Waals surface area (Å²) in [5.41, 5.74) is 6.26. The van der Waals surface area contributed by atoms with Crippen molar-refractivity contribution >= 4 is 12.2 Å². The number of aromatic hydroxyl groups is 1. The Labute approximate surface area is 81.1 Å². The van der Waals surface area contributed by atoms with E-state index in [9.17, 15) is 9.90 Å². The molecule has 0 atom stereocenters. The zero-order valence-corrected chi connectivity index (χ0v) is 7.45. The summed E-state index contributed by atoms with van der Waals surface area (Å²) in [4.78, 5) is 10.0. The molecule has 0 bridgehead atoms. The van der Waals surface area contributed by atoms with E-state index in [2.05, 4.69) is 5.32 Å². The van der Waals surface area contributed by atoms with Crippen molar-refractivity contribution in [2.24, 2.45) is 5.73 Å². The number of amides is 1. The van der Waals surface area contributed by atoms with E-state index in [1.54, 1.807) is 12.1 Å². The Kier molecular flexibility index (Phi) is 3.06. The number of phenolic OH excluding ortho intramolecular Hbond substituents is 1. The summed E-state index contributed by atoms with van der Waals surface area (Å²) in [6.45, 7) is 0.343. The maximum absolute atomic E-state index is 10.0. The molecule has 0 aliphatic carbocycles. The van der Waals surface area contributed by atoms with Crippen LogP contribution in [0.15, 0.2) is 18.2 Å². The van der Waals surface area contributed by atoms with Gasteiger partial charge in [-0.2, -0.15) is 0 Å². The number of hydrogen-bond donors (Lipinski definition) is 4. The van der Waals surface area contributed by atoms with Crippen LogP contribution in [0.4, 0.5) is 0 Å². The van der Waals surface area contributed by atoms with Gasteiger partial charge in [-0.1, -0.05) is 6.07 Å². The van der Waals surface area contributed by atoms with Crippen molar-refractivity contribution in [2.75, 3.05) is 0 Å². The van der Waals surface area contributed by atoms with Crippen molar-refractivity contribution in [3.05, 3.63) is 29.3 Å². The number of phenols is 1. The number of rotatable bonds is 4. The molecule has 0 unspecified atom stereocenters. The van der Waals surface area contributed by atoms with Gasteiger partial charge < -0.3 is 16.2 Å². The number of hydrogen-bond acceptors (Lipinski definition) is 3. The molecule has 5 heteroatoms. The molecule has 0 aromatic heterocycles. The Bertz CT molecular complexity index is 363. The number of nitrogens with two attached hydrogens (primary N) is 1. The number of carbonyl (C=O) groups is 1. The molecule has 74 valence electrons. The lowest BCUT2D eigenvalue weighted by Gasteiger charge is -2.05. The van der Waals surface area contributed by atoms with E-state index >= 15 is 0 Å². The number of carbonyl (C=O) groups excluding carboxylic acids is 1. The van der Waals surface area contributed by atoms with Gasteiger partial charge in [-0.05, 0) is 17.7 Å². The minimum atomic E-state index is -0.183. The van der Waals surface area contributed by atoms with Gasteiger partial charge in [0.15, 0.2) is 0 Å². The maximum atomic E-state index is 10.0. The Morgan fingerprint density at radius 1 is 1.64 bits per heavy atom.